The smallest absolute Gasteiger partial charge is 0.0824 e. The van der Waals surface area contributed by atoms with E-state index in [4.69, 9.17) is 4.74 Å². The SMILES string of the molecule is CC#CCCOC1CNC1. The highest BCUT2D eigenvalue weighted by Gasteiger charge is 2.15. The Balaban J connectivity index is 1.88. The van der Waals surface area contributed by atoms with Gasteiger partial charge in [0.2, 0.25) is 0 Å². The largest absolute Gasteiger partial charge is 0.375 e. The quantitative estimate of drug-likeness (QED) is 0.451. The molecule has 1 aliphatic heterocycles. The Morgan fingerprint density at radius 3 is 2.90 bits per heavy atom. The number of nitrogens with one attached hydrogen (secondary N) is 1. The van der Waals surface area contributed by atoms with Crippen molar-refractivity contribution in [3.8, 4) is 11.8 Å². The Hall–Kier alpha value is -0.520. The van der Waals surface area contributed by atoms with Gasteiger partial charge in [0.05, 0.1) is 12.7 Å². The van der Waals surface area contributed by atoms with Crippen LogP contribution in [0.1, 0.15) is 13.3 Å². The molecule has 1 saturated heterocycles. The van der Waals surface area contributed by atoms with Crippen LogP contribution in [0, 0.1) is 11.8 Å². The van der Waals surface area contributed by atoms with E-state index < -0.39 is 0 Å². The van der Waals surface area contributed by atoms with Crippen molar-refractivity contribution >= 4 is 0 Å². The molecule has 0 unspecified atom stereocenters. The van der Waals surface area contributed by atoms with E-state index >= 15 is 0 Å². The summed E-state index contributed by atoms with van der Waals surface area (Å²) in [6, 6.07) is 0. The zero-order chi connectivity index (χ0) is 7.23. The van der Waals surface area contributed by atoms with Crippen LogP contribution in [-0.2, 0) is 4.74 Å². The van der Waals surface area contributed by atoms with Gasteiger partial charge >= 0.3 is 0 Å². The van der Waals surface area contributed by atoms with Gasteiger partial charge in [-0.2, -0.15) is 0 Å². The van der Waals surface area contributed by atoms with E-state index in [1.165, 1.54) is 0 Å². The molecule has 0 atom stereocenters. The summed E-state index contributed by atoms with van der Waals surface area (Å²) in [6.45, 7) is 4.66. The molecule has 1 rings (SSSR count). The third kappa shape index (κ3) is 2.38. The molecule has 1 heterocycles. The Morgan fingerprint density at radius 2 is 2.40 bits per heavy atom. The topological polar surface area (TPSA) is 21.3 Å². The second kappa shape index (κ2) is 4.32. The zero-order valence-corrected chi connectivity index (χ0v) is 6.31. The molecular weight excluding hydrogens is 126 g/mol. The predicted molar refractivity (Wildman–Crippen MR) is 40.7 cm³/mol. The summed E-state index contributed by atoms with van der Waals surface area (Å²) in [7, 11) is 0. The number of hydrogen-bond acceptors (Lipinski definition) is 2. The number of ether oxygens (including phenoxy) is 1. The Labute approximate surface area is 62.0 Å². The van der Waals surface area contributed by atoms with Crippen LogP contribution < -0.4 is 5.32 Å². The minimum Gasteiger partial charge on any atom is -0.375 e. The minimum absolute atomic E-state index is 0.457. The summed E-state index contributed by atoms with van der Waals surface area (Å²) in [6.07, 6.45) is 1.33. The van der Waals surface area contributed by atoms with Gasteiger partial charge < -0.3 is 10.1 Å². The van der Waals surface area contributed by atoms with Crippen molar-refractivity contribution in [2.45, 2.75) is 19.4 Å². The molecule has 1 N–H and O–H groups in total. The Bertz CT molecular complexity index is 141. The van der Waals surface area contributed by atoms with E-state index in [0.717, 1.165) is 26.1 Å². The Morgan fingerprint density at radius 1 is 1.60 bits per heavy atom. The Kier molecular flexibility index (Phi) is 3.28. The molecule has 0 aromatic carbocycles. The van der Waals surface area contributed by atoms with E-state index in [-0.39, 0.29) is 0 Å². The summed E-state index contributed by atoms with van der Waals surface area (Å²) >= 11 is 0. The second-order valence-corrected chi connectivity index (χ2v) is 2.33. The molecule has 0 aliphatic carbocycles. The maximum atomic E-state index is 5.42. The highest BCUT2D eigenvalue weighted by Crippen LogP contribution is 1.97. The lowest BCUT2D eigenvalue weighted by atomic mass is 10.2. The van der Waals surface area contributed by atoms with Crippen LogP contribution in [0.3, 0.4) is 0 Å². The summed E-state index contributed by atoms with van der Waals surface area (Å²) in [5, 5.41) is 3.14. The molecular formula is C8H13NO. The van der Waals surface area contributed by atoms with Crippen LogP contribution in [0.2, 0.25) is 0 Å². The molecule has 0 aromatic heterocycles. The maximum absolute atomic E-state index is 5.42. The molecule has 1 fully saturated rings. The van der Waals surface area contributed by atoms with Gasteiger partial charge in [0.1, 0.15) is 0 Å². The van der Waals surface area contributed by atoms with Gasteiger partial charge in [-0.05, 0) is 6.92 Å². The maximum Gasteiger partial charge on any atom is 0.0824 e. The first-order valence-electron chi connectivity index (χ1n) is 3.65. The van der Waals surface area contributed by atoms with Gasteiger partial charge in [0.25, 0.3) is 0 Å². The van der Waals surface area contributed by atoms with E-state index in [1.807, 2.05) is 6.92 Å². The molecule has 2 nitrogen and oxygen atoms in total. The van der Waals surface area contributed by atoms with E-state index in [1.54, 1.807) is 0 Å². The minimum atomic E-state index is 0.457. The fourth-order valence-corrected chi connectivity index (χ4v) is 0.782. The fraction of sp³-hybridized carbons (Fsp3) is 0.750. The predicted octanol–water partition coefficient (Wildman–Crippen LogP) is 0.388. The molecule has 0 aromatic rings. The van der Waals surface area contributed by atoms with Gasteiger partial charge in [-0.15, -0.1) is 11.8 Å². The lowest BCUT2D eigenvalue weighted by Gasteiger charge is -2.26. The van der Waals surface area contributed by atoms with Gasteiger partial charge in [0.15, 0.2) is 0 Å². The van der Waals surface area contributed by atoms with Crippen LogP contribution in [0.4, 0.5) is 0 Å². The van der Waals surface area contributed by atoms with Gasteiger partial charge in [-0.3, -0.25) is 0 Å². The zero-order valence-electron chi connectivity index (χ0n) is 6.31. The average Bonchev–Trinajstić information content (AvgIpc) is 1.84. The second-order valence-electron chi connectivity index (χ2n) is 2.33. The first-order valence-corrected chi connectivity index (χ1v) is 3.65. The first kappa shape index (κ1) is 7.59. The van der Waals surface area contributed by atoms with Crippen molar-refractivity contribution in [1.82, 2.24) is 5.32 Å². The van der Waals surface area contributed by atoms with Crippen LogP contribution >= 0.6 is 0 Å². The summed E-state index contributed by atoms with van der Waals surface area (Å²) < 4.78 is 5.42. The monoisotopic (exact) mass is 139 g/mol. The van der Waals surface area contributed by atoms with Gasteiger partial charge in [0, 0.05) is 19.5 Å². The van der Waals surface area contributed by atoms with Gasteiger partial charge in [-0.25, -0.2) is 0 Å². The van der Waals surface area contributed by atoms with Crippen LogP contribution in [0.5, 0.6) is 0 Å². The number of hydrogen-bond donors (Lipinski definition) is 1. The van der Waals surface area contributed by atoms with Crippen molar-refractivity contribution in [3.05, 3.63) is 0 Å². The third-order valence-electron chi connectivity index (χ3n) is 1.50. The van der Waals surface area contributed by atoms with Crippen LogP contribution in [0.25, 0.3) is 0 Å². The van der Waals surface area contributed by atoms with E-state index in [0.29, 0.717) is 6.10 Å². The summed E-state index contributed by atoms with van der Waals surface area (Å²) in [5.41, 5.74) is 0. The van der Waals surface area contributed by atoms with E-state index in [9.17, 15) is 0 Å². The lowest BCUT2D eigenvalue weighted by molar-refractivity contribution is 0.0223. The molecule has 0 spiro atoms. The molecule has 0 saturated carbocycles. The lowest BCUT2D eigenvalue weighted by Crippen LogP contribution is -2.48. The van der Waals surface area contributed by atoms with Crippen molar-refractivity contribution in [2.24, 2.45) is 0 Å². The van der Waals surface area contributed by atoms with Crippen molar-refractivity contribution in [3.63, 3.8) is 0 Å². The fourth-order valence-electron chi connectivity index (χ4n) is 0.782. The van der Waals surface area contributed by atoms with Crippen LogP contribution in [-0.4, -0.2) is 25.8 Å². The molecule has 56 valence electrons. The van der Waals surface area contributed by atoms with Crippen molar-refractivity contribution in [1.29, 1.82) is 0 Å². The highest BCUT2D eigenvalue weighted by molar-refractivity contribution is 4.94. The summed E-state index contributed by atoms with van der Waals surface area (Å²) in [4.78, 5) is 0. The molecule has 1 aliphatic rings. The summed E-state index contributed by atoms with van der Waals surface area (Å²) in [5.74, 6) is 5.79. The van der Waals surface area contributed by atoms with Crippen molar-refractivity contribution < 1.29 is 4.74 Å². The number of rotatable bonds is 3. The standard InChI is InChI=1S/C8H13NO/c1-2-3-4-5-10-8-6-9-7-8/h8-9H,4-7H2,1H3. The average molecular weight is 139 g/mol. The third-order valence-corrected chi connectivity index (χ3v) is 1.50. The van der Waals surface area contributed by atoms with Crippen LogP contribution in [0.15, 0.2) is 0 Å². The highest BCUT2D eigenvalue weighted by atomic mass is 16.5. The molecule has 0 amide bonds. The normalized spacial score (nSPS) is 17.3. The molecule has 0 radical (unpaired) electrons. The first-order chi connectivity index (χ1) is 4.93. The molecule has 10 heavy (non-hydrogen) atoms. The van der Waals surface area contributed by atoms with E-state index in [2.05, 4.69) is 17.2 Å². The molecule has 0 bridgehead atoms. The molecule has 2 heteroatoms. The van der Waals surface area contributed by atoms with Gasteiger partial charge in [-0.1, -0.05) is 0 Å². The van der Waals surface area contributed by atoms with Crippen molar-refractivity contribution in [2.75, 3.05) is 19.7 Å².